The van der Waals surface area contributed by atoms with E-state index in [2.05, 4.69) is 0 Å². The molecule has 1 fully saturated rings. The minimum atomic E-state index is -1.63. The maximum absolute atomic E-state index is 13.0. The van der Waals surface area contributed by atoms with Gasteiger partial charge in [-0.15, -0.1) is 11.3 Å². The molecule has 1 aliphatic rings. The number of thiophene rings is 1. The van der Waals surface area contributed by atoms with Crippen LogP contribution in [0, 0.1) is 0 Å². The van der Waals surface area contributed by atoms with E-state index in [4.69, 9.17) is 9.47 Å². The molecule has 1 aliphatic heterocycles. The molecule has 32 heavy (non-hydrogen) atoms. The third kappa shape index (κ3) is 4.49. The number of ketones is 1. The molecule has 3 aromatic rings. The first-order valence-corrected chi connectivity index (χ1v) is 11.1. The van der Waals surface area contributed by atoms with E-state index in [1.165, 1.54) is 18.2 Å². The summed E-state index contributed by atoms with van der Waals surface area (Å²) in [6.45, 7) is -0.606. The lowest BCUT2D eigenvalue weighted by molar-refractivity contribution is -0.277. The molecule has 0 bridgehead atoms. The molecule has 5 atom stereocenters. The summed E-state index contributed by atoms with van der Waals surface area (Å²) in [7, 11) is 0. The van der Waals surface area contributed by atoms with Crippen molar-refractivity contribution < 1.29 is 39.8 Å². The van der Waals surface area contributed by atoms with Crippen molar-refractivity contribution in [3.05, 3.63) is 59.0 Å². The normalized spacial score (nSPS) is 25.7. The molecule has 0 saturated carbocycles. The summed E-state index contributed by atoms with van der Waals surface area (Å²) in [5, 5.41) is 52.9. The molecule has 5 N–H and O–H groups in total. The monoisotopic (exact) mass is 460 g/mol. The average molecular weight is 461 g/mol. The van der Waals surface area contributed by atoms with E-state index in [0.29, 0.717) is 6.42 Å². The molecule has 0 aliphatic carbocycles. The fourth-order valence-electron chi connectivity index (χ4n) is 3.74. The molecule has 170 valence electrons. The van der Waals surface area contributed by atoms with Gasteiger partial charge in [0, 0.05) is 11.1 Å². The standard InChI is InChI=1S/C23H24O8S/c24-11-17-20(27)21(28)22(29)23(31-17)30-16-3-1-2-14(25)19(16)15(26)6-4-12-5-7-18-13(10-12)8-9-32-18/h1-3,5,7-10,17,20-25,27-29H,4,6,11H2/t17-,20-,21+,22-,23-/m1/s1. The van der Waals surface area contributed by atoms with Crippen LogP contribution in [0.2, 0.25) is 0 Å². The number of benzene rings is 2. The number of rotatable bonds is 7. The first-order chi connectivity index (χ1) is 15.4. The smallest absolute Gasteiger partial charge is 0.229 e. The van der Waals surface area contributed by atoms with Gasteiger partial charge in [-0.3, -0.25) is 4.79 Å². The van der Waals surface area contributed by atoms with Crippen LogP contribution >= 0.6 is 11.3 Å². The molecule has 0 spiro atoms. The SMILES string of the molecule is O=C(CCc1ccc2sccc2c1)c1c(O)cccc1O[C@@H]1O[C@H](CO)[C@@H](O)[C@H](O)[C@H]1O. The van der Waals surface area contributed by atoms with E-state index in [9.17, 15) is 30.3 Å². The molecule has 0 radical (unpaired) electrons. The van der Waals surface area contributed by atoms with Crippen LogP contribution in [0.25, 0.3) is 10.1 Å². The molecule has 1 aromatic heterocycles. The first kappa shape index (κ1) is 22.7. The third-order valence-electron chi connectivity index (χ3n) is 5.53. The van der Waals surface area contributed by atoms with Crippen molar-refractivity contribution in [3.63, 3.8) is 0 Å². The Morgan fingerprint density at radius 3 is 2.66 bits per heavy atom. The predicted molar refractivity (Wildman–Crippen MR) is 117 cm³/mol. The van der Waals surface area contributed by atoms with Crippen LogP contribution in [0.1, 0.15) is 22.3 Å². The number of aliphatic hydroxyl groups excluding tert-OH is 4. The van der Waals surface area contributed by atoms with E-state index in [1.807, 2.05) is 29.6 Å². The molecular weight excluding hydrogens is 436 g/mol. The fraction of sp³-hybridized carbons (Fsp3) is 0.348. The Bertz CT molecular complexity index is 1090. The zero-order valence-electron chi connectivity index (χ0n) is 17.0. The van der Waals surface area contributed by atoms with Crippen molar-refractivity contribution in [2.75, 3.05) is 6.61 Å². The molecule has 8 nitrogen and oxygen atoms in total. The average Bonchev–Trinajstić information content (AvgIpc) is 3.26. The maximum Gasteiger partial charge on any atom is 0.229 e. The maximum atomic E-state index is 13.0. The number of aryl methyl sites for hydroxylation is 1. The van der Waals surface area contributed by atoms with Gasteiger partial charge < -0.3 is 35.0 Å². The molecule has 9 heteroatoms. The summed E-state index contributed by atoms with van der Waals surface area (Å²) >= 11 is 1.64. The van der Waals surface area contributed by atoms with Crippen LogP contribution < -0.4 is 4.74 Å². The van der Waals surface area contributed by atoms with Crippen LogP contribution in [0.3, 0.4) is 0 Å². The lowest BCUT2D eigenvalue weighted by Crippen LogP contribution is -2.60. The Morgan fingerprint density at radius 2 is 1.88 bits per heavy atom. The van der Waals surface area contributed by atoms with Crippen LogP contribution in [-0.4, -0.2) is 68.6 Å². The number of hydrogen-bond acceptors (Lipinski definition) is 9. The summed E-state index contributed by atoms with van der Waals surface area (Å²) in [6, 6.07) is 12.3. The van der Waals surface area contributed by atoms with Gasteiger partial charge in [0.2, 0.25) is 6.29 Å². The van der Waals surface area contributed by atoms with Gasteiger partial charge in [0.25, 0.3) is 0 Å². The van der Waals surface area contributed by atoms with Gasteiger partial charge >= 0.3 is 0 Å². The Hall–Kier alpha value is -2.53. The van der Waals surface area contributed by atoms with E-state index in [0.717, 1.165) is 15.6 Å². The van der Waals surface area contributed by atoms with Crippen LogP contribution in [0.5, 0.6) is 11.5 Å². The van der Waals surface area contributed by atoms with E-state index < -0.39 is 37.3 Å². The summed E-state index contributed by atoms with van der Waals surface area (Å²) in [5.74, 6) is -0.689. The van der Waals surface area contributed by atoms with Crippen molar-refractivity contribution in [3.8, 4) is 11.5 Å². The Balaban J connectivity index is 1.51. The number of aromatic hydroxyl groups is 1. The summed E-state index contributed by atoms with van der Waals surface area (Å²) in [5.41, 5.74) is 0.914. The number of fused-ring (bicyclic) bond motifs is 1. The largest absolute Gasteiger partial charge is 0.507 e. The second-order valence-corrected chi connectivity index (χ2v) is 8.63. The fourth-order valence-corrected chi connectivity index (χ4v) is 4.51. The van der Waals surface area contributed by atoms with Gasteiger partial charge in [-0.05, 0) is 47.0 Å². The predicted octanol–water partition coefficient (Wildman–Crippen LogP) is 1.60. The topological polar surface area (TPSA) is 137 Å². The lowest BCUT2D eigenvalue weighted by atomic mass is 9.99. The Labute approximate surface area is 187 Å². The van der Waals surface area contributed by atoms with E-state index >= 15 is 0 Å². The minimum absolute atomic E-state index is 0.0346. The van der Waals surface area contributed by atoms with Crippen molar-refractivity contribution in [1.82, 2.24) is 0 Å². The van der Waals surface area contributed by atoms with Gasteiger partial charge in [-0.2, -0.15) is 0 Å². The third-order valence-corrected chi connectivity index (χ3v) is 6.43. The Kier molecular flexibility index (Phi) is 6.75. The van der Waals surface area contributed by atoms with Gasteiger partial charge in [0.05, 0.1) is 6.61 Å². The van der Waals surface area contributed by atoms with Crippen LogP contribution in [0.15, 0.2) is 47.8 Å². The number of phenolic OH excluding ortho intramolecular Hbond substituents is 1. The number of hydrogen-bond donors (Lipinski definition) is 5. The summed E-state index contributed by atoms with van der Waals surface area (Å²) in [6.07, 6.45) is -6.82. The highest BCUT2D eigenvalue weighted by Crippen LogP contribution is 2.32. The highest BCUT2D eigenvalue weighted by molar-refractivity contribution is 7.17. The highest BCUT2D eigenvalue weighted by atomic mass is 32.1. The first-order valence-electron chi connectivity index (χ1n) is 10.2. The summed E-state index contributed by atoms with van der Waals surface area (Å²) in [4.78, 5) is 13.0. The number of aliphatic hydroxyl groups is 4. The molecule has 4 rings (SSSR count). The Morgan fingerprint density at radius 1 is 1.06 bits per heavy atom. The molecule has 1 saturated heterocycles. The quantitative estimate of drug-likeness (QED) is 0.336. The van der Waals surface area contributed by atoms with E-state index in [-0.39, 0.29) is 29.3 Å². The molecule has 0 unspecified atom stereocenters. The molecule has 0 amide bonds. The zero-order valence-corrected chi connectivity index (χ0v) is 17.8. The number of carbonyl (C=O) groups is 1. The zero-order chi connectivity index (χ0) is 22.8. The van der Waals surface area contributed by atoms with Gasteiger partial charge in [0.1, 0.15) is 41.5 Å². The highest BCUT2D eigenvalue weighted by Gasteiger charge is 2.45. The van der Waals surface area contributed by atoms with Gasteiger partial charge in [-0.1, -0.05) is 18.2 Å². The van der Waals surface area contributed by atoms with Crippen molar-refractivity contribution >= 4 is 27.2 Å². The number of ether oxygens (including phenoxy) is 2. The van der Waals surface area contributed by atoms with Crippen LogP contribution in [-0.2, 0) is 11.2 Å². The van der Waals surface area contributed by atoms with Crippen LogP contribution in [0.4, 0.5) is 0 Å². The number of phenols is 1. The van der Waals surface area contributed by atoms with Gasteiger partial charge in [0.15, 0.2) is 5.78 Å². The second kappa shape index (κ2) is 9.53. The van der Waals surface area contributed by atoms with E-state index in [1.54, 1.807) is 11.3 Å². The van der Waals surface area contributed by atoms with Gasteiger partial charge in [-0.25, -0.2) is 0 Å². The minimum Gasteiger partial charge on any atom is -0.507 e. The number of carbonyl (C=O) groups excluding carboxylic acids is 1. The van der Waals surface area contributed by atoms with Crippen molar-refractivity contribution in [1.29, 1.82) is 0 Å². The summed E-state index contributed by atoms with van der Waals surface area (Å²) < 4.78 is 12.1. The van der Waals surface area contributed by atoms with Crippen molar-refractivity contribution in [2.45, 2.75) is 43.5 Å². The van der Waals surface area contributed by atoms with Crippen molar-refractivity contribution in [2.24, 2.45) is 0 Å². The second-order valence-electron chi connectivity index (χ2n) is 7.68. The molecular formula is C23H24O8S. The molecule has 2 aromatic carbocycles. The lowest BCUT2D eigenvalue weighted by Gasteiger charge is -2.39. The number of Topliss-reactive ketones (excluding diaryl/α,β-unsaturated/α-hetero) is 1. The molecule has 2 heterocycles.